The van der Waals surface area contributed by atoms with Crippen LogP contribution in [0, 0.1) is 11.8 Å². The van der Waals surface area contributed by atoms with Gasteiger partial charge < -0.3 is 19.3 Å². The lowest BCUT2D eigenvalue weighted by atomic mass is 9.99. The van der Waals surface area contributed by atoms with E-state index in [4.69, 9.17) is 14.2 Å². The van der Waals surface area contributed by atoms with E-state index < -0.39 is 24.1 Å². The molecule has 2 aliphatic heterocycles. The van der Waals surface area contributed by atoms with Crippen molar-refractivity contribution in [3.8, 4) is 0 Å². The Morgan fingerprint density at radius 2 is 1.86 bits per heavy atom. The first kappa shape index (κ1) is 16.7. The molecular weight excluding hydrogens is 288 g/mol. The largest absolute Gasteiger partial charge is 0.465 e. The Bertz CT molecular complexity index is 469. The van der Waals surface area contributed by atoms with Gasteiger partial charge in [0, 0.05) is 5.92 Å². The van der Waals surface area contributed by atoms with E-state index in [0.717, 1.165) is 0 Å². The third kappa shape index (κ3) is 4.42. The number of aliphatic hydroxyl groups excluding tert-OH is 1. The second-order valence-electron chi connectivity index (χ2n) is 5.72. The minimum atomic E-state index is -0.804. The van der Waals surface area contributed by atoms with Crippen LogP contribution in [0.25, 0.3) is 0 Å². The first-order chi connectivity index (χ1) is 10.5. The van der Waals surface area contributed by atoms with Crippen LogP contribution in [-0.2, 0) is 23.8 Å². The van der Waals surface area contributed by atoms with E-state index in [-0.39, 0.29) is 37.6 Å². The molecule has 22 heavy (non-hydrogen) atoms. The Hall–Kier alpha value is -1.66. The molecule has 122 valence electrons. The van der Waals surface area contributed by atoms with Gasteiger partial charge in [-0.2, -0.15) is 0 Å². The van der Waals surface area contributed by atoms with E-state index in [9.17, 15) is 14.7 Å². The van der Waals surface area contributed by atoms with Crippen LogP contribution in [0.3, 0.4) is 0 Å². The van der Waals surface area contributed by atoms with Crippen molar-refractivity contribution in [1.82, 2.24) is 0 Å². The lowest BCUT2D eigenvalue weighted by Crippen LogP contribution is -2.41. The van der Waals surface area contributed by atoms with Crippen molar-refractivity contribution in [2.75, 3.05) is 13.2 Å². The average Bonchev–Trinajstić information content (AvgIpc) is 2.50. The number of hydrogen-bond acceptors (Lipinski definition) is 6. The van der Waals surface area contributed by atoms with Crippen LogP contribution in [0.2, 0.25) is 0 Å². The van der Waals surface area contributed by atoms with Crippen molar-refractivity contribution >= 4 is 11.9 Å². The number of ether oxygens (including phenoxy) is 3. The molecule has 0 aliphatic carbocycles. The van der Waals surface area contributed by atoms with Crippen molar-refractivity contribution < 1.29 is 28.9 Å². The first-order valence-electron chi connectivity index (χ1n) is 7.48. The molecule has 0 amide bonds. The van der Waals surface area contributed by atoms with Gasteiger partial charge in [0.25, 0.3) is 0 Å². The fraction of sp³-hybridized carbons (Fsp3) is 0.625. The zero-order valence-electron chi connectivity index (χ0n) is 12.8. The highest BCUT2D eigenvalue weighted by Crippen LogP contribution is 2.21. The SMILES string of the molecule is C[C@@H]1C=CCC(=O)OC[C@H](C)C(=O)OC[C@H]2O[C@H]1C=C[C@H]2O. The van der Waals surface area contributed by atoms with Gasteiger partial charge in [-0.1, -0.05) is 31.2 Å². The Morgan fingerprint density at radius 3 is 2.64 bits per heavy atom. The normalized spacial score (nSPS) is 37.1. The fourth-order valence-electron chi connectivity index (χ4n) is 2.25. The fourth-order valence-corrected chi connectivity index (χ4v) is 2.25. The summed E-state index contributed by atoms with van der Waals surface area (Å²) in [5.74, 6) is -1.39. The zero-order valence-corrected chi connectivity index (χ0v) is 12.8. The third-order valence-electron chi connectivity index (χ3n) is 3.74. The molecule has 1 N–H and O–H groups in total. The summed E-state index contributed by atoms with van der Waals surface area (Å²) in [7, 11) is 0. The topological polar surface area (TPSA) is 82.1 Å². The molecule has 2 rings (SSSR count). The molecule has 0 saturated heterocycles. The summed E-state index contributed by atoms with van der Waals surface area (Å²) in [4.78, 5) is 23.4. The van der Waals surface area contributed by atoms with Crippen LogP contribution in [0.5, 0.6) is 0 Å². The van der Waals surface area contributed by atoms with Crippen LogP contribution < -0.4 is 0 Å². The molecular formula is C16H22O6. The van der Waals surface area contributed by atoms with Crippen LogP contribution >= 0.6 is 0 Å². The summed E-state index contributed by atoms with van der Waals surface area (Å²) < 4.78 is 16.0. The first-order valence-corrected chi connectivity index (χ1v) is 7.48. The number of esters is 2. The van der Waals surface area contributed by atoms with Gasteiger partial charge in [-0.15, -0.1) is 0 Å². The molecule has 0 unspecified atom stereocenters. The molecule has 2 bridgehead atoms. The van der Waals surface area contributed by atoms with E-state index in [1.54, 1.807) is 25.2 Å². The second kappa shape index (κ2) is 7.56. The summed E-state index contributed by atoms with van der Waals surface area (Å²) in [5.41, 5.74) is 0. The number of aliphatic hydroxyl groups is 1. The molecule has 0 aromatic heterocycles. The van der Waals surface area contributed by atoms with Gasteiger partial charge in [-0.3, -0.25) is 9.59 Å². The summed E-state index contributed by atoms with van der Waals surface area (Å²) in [6, 6.07) is 0. The maximum Gasteiger partial charge on any atom is 0.312 e. The van der Waals surface area contributed by atoms with E-state index in [1.165, 1.54) is 0 Å². The summed E-state index contributed by atoms with van der Waals surface area (Å²) in [6.07, 6.45) is 5.57. The van der Waals surface area contributed by atoms with E-state index in [1.807, 2.05) is 13.0 Å². The monoisotopic (exact) mass is 310 g/mol. The van der Waals surface area contributed by atoms with Gasteiger partial charge in [0.2, 0.25) is 0 Å². The Labute approximate surface area is 129 Å². The minimum Gasteiger partial charge on any atom is -0.465 e. The Balaban J connectivity index is 2.12. The highest BCUT2D eigenvalue weighted by atomic mass is 16.6. The molecule has 6 nitrogen and oxygen atoms in total. The lowest BCUT2D eigenvalue weighted by molar-refractivity contribution is -0.162. The Kier molecular flexibility index (Phi) is 5.74. The summed E-state index contributed by atoms with van der Waals surface area (Å²) in [5, 5.41) is 9.91. The number of rotatable bonds is 0. The standard InChI is InChI=1S/C16H22O6/c1-10-4-3-5-15(18)20-8-11(2)16(19)21-9-14-12(17)6-7-13(10)22-14/h3-4,6-7,10-14,17H,5,8-9H2,1-2H3/t10-,11+,12-,13+,14-/m1/s1. The molecule has 2 aliphatic rings. The molecule has 2 heterocycles. The zero-order chi connectivity index (χ0) is 16.1. The number of carbonyl (C=O) groups is 2. The van der Waals surface area contributed by atoms with Crippen molar-refractivity contribution in [1.29, 1.82) is 0 Å². The molecule has 0 aromatic rings. The predicted octanol–water partition coefficient (Wildman–Crippen LogP) is 0.989. The van der Waals surface area contributed by atoms with Crippen LogP contribution in [0.4, 0.5) is 0 Å². The Morgan fingerprint density at radius 1 is 1.09 bits per heavy atom. The second-order valence-corrected chi connectivity index (χ2v) is 5.72. The van der Waals surface area contributed by atoms with Gasteiger partial charge >= 0.3 is 11.9 Å². The quantitative estimate of drug-likeness (QED) is 0.531. The van der Waals surface area contributed by atoms with E-state index >= 15 is 0 Å². The van der Waals surface area contributed by atoms with E-state index in [2.05, 4.69) is 0 Å². The third-order valence-corrected chi connectivity index (χ3v) is 3.74. The predicted molar refractivity (Wildman–Crippen MR) is 77.8 cm³/mol. The van der Waals surface area contributed by atoms with Crippen molar-refractivity contribution in [3.63, 3.8) is 0 Å². The average molecular weight is 310 g/mol. The van der Waals surface area contributed by atoms with Gasteiger partial charge in [0.15, 0.2) is 0 Å². The van der Waals surface area contributed by atoms with Gasteiger partial charge in [0.05, 0.1) is 18.4 Å². The molecule has 6 heteroatoms. The van der Waals surface area contributed by atoms with Gasteiger partial charge in [0.1, 0.15) is 25.4 Å². The number of carbonyl (C=O) groups excluding carboxylic acids is 2. The summed E-state index contributed by atoms with van der Waals surface area (Å²) in [6.45, 7) is 3.53. The van der Waals surface area contributed by atoms with Crippen LogP contribution in [0.1, 0.15) is 20.3 Å². The molecule has 0 saturated carbocycles. The maximum absolute atomic E-state index is 11.8. The molecule has 0 aromatic carbocycles. The van der Waals surface area contributed by atoms with Crippen LogP contribution in [0.15, 0.2) is 24.3 Å². The van der Waals surface area contributed by atoms with Crippen molar-refractivity contribution in [2.24, 2.45) is 11.8 Å². The minimum absolute atomic E-state index is 0.0162. The van der Waals surface area contributed by atoms with Crippen LogP contribution in [-0.4, -0.2) is 48.6 Å². The number of hydrogen-bond donors (Lipinski definition) is 1. The van der Waals surface area contributed by atoms with Crippen molar-refractivity contribution in [2.45, 2.75) is 38.6 Å². The van der Waals surface area contributed by atoms with Gasteiger partial charge in [-0.05, 0) is 6.92 Å². The maximum atomic E-state index is 11.8. The highest BCUT2D eigenvalue weighted by molar-refractivity contribution is 5.74. The molecule has 0 radical (unpaired) electrons. The molecule has 5 atom stereocenters. The van der Waals surface area contributed by atoms with Gasteiger partial charge in [-0.25, -0.2) is 0 Å². The number of cyclic esters (lactones) is 2. The van der Waals surface area contributed by atoms with E-state index in [0.29, 0.717) is 0 Å². The van der Waals surface area contributed by atoms with Crippen molar-refractivity contribution in [3.05, 3.63) is 24.3 Å². The number of fused-ring (bicyclic) bond motifs is 2. The highest BCUT2D eigenvalue weighted by Gasteiger charge is 2.30. The summed E-state index contributed by atoms with van der Waals surface area (Å²) >= 11 is 0. The smallest absolute Gasteiger partial charge is 0.312 e. The lowest BCUT2D eigenvalue weighted by Gasteiger charge is -2.31. The molecule has 0 spiro atoms. The molecule has 0 fully saturated rings.